The van der Waals surface area contributed by atoms with Gasteiger partial charge in [0.05, 0.1) is 13.2 Å². The van der Waals surface area contributed by atoms with Crippen LogP contribution in [0.3, 0.4) is 0 Å². The fourth-order valence-electron chi connectivity index (χ4n) is 2.42. The molecule has 2 heterocycles. The Balaban J connectivity index is 2.10. The lowest BCUT2D eigenvalue weighted by atomic mass is 9.82. The lowest BCUT2D eigenvalue weighted by Crippen LogP contribution is -2.53. The third-order valence-electron chi connectivity index (χ3n) is 3.54. The van der Waals surface area contributed by atoms with Gasteiger partial charge in [0.25, 0.3) is 0 Å². The van der Waals surface area contributed by atoms with Crippen molar-refractivity contribution in [2.75, 3.05) is 13.7 Å². The molecular formula is C12H20O6. The van der Waals surface area contributed by atoms with Crippen LogP contribution in [-0.2, 0) is 23.7 Å². The Morgan fingerprint density at radius 1 is 1.44 bits per heavy atom. The van der Waals surface area contributed by atoms with Gasteiger partial charge in [0.15, 0.2) is 12.4 Å². The van der Waals surface area contributed by atoms with E-state index in [-0.39, 0.29) is 17.6 Å². The predicted octanol–water partition coefficient (Wildman–Crippen LogP) is 0.0753. The standard InChI is InChI=1S/C12H20O6/c1-5-16-11-12(2,3)9-8(17-9)7(18-11)6(13)10(14)15-4/h6-9,11,13H,5H2,1-4H3/t6-,7+,8-,9-,11+/m0/s1. The minimum atomic E-state index is -1.34. The van der Waals surface area contributed by atoms with Crippen molar-refractivity contribution in [3.63, 3.8) is 0 Å². The maximum Gasteiger partial charge on any atom is 0.337 e. The molecule has 6 heteroatoms. The van der Waals surface area contributed by atoms with Gasteiger partial charge in [-0.15, -0.1) is 0 Å². The summed E-state index contributed by atoms with van der Waals surface area (Å²) in [4.78, 5) is 11.4. The first-order valence-electron chi connectivity index (χ1n) is 6.12. The van der Waals surface area contributed by atoms with Crippen molar-refractivity contribution in [1.82, 2.24) is 0 Å². The molecule has 104 valence electrons. The summed E-state index contributed by atoms with van der Waals surface area (Å²) in [5, 5.41) is 9.86. The van der Waals surface area contributed by atoms with Crippen LogP contribution in [0.25, 0.3) is 0 Å². The van der Waals surface area contributed by atoms with Crippen LogP contribution in [0.5, 0.6) is 0 Å². The minimum absolute atomic E-state index is 0.0629. The third kappa shape index (κ3) is 2.14. The van der Waals surface area contributed by atoms with Crippen molar-refractivity contribution in [3.8, 4) is 0 Å². The summed E-state index contributed by atoms with van der Waals surface area (Å²) in [5.41, 5.74) is -0.299. The normalized spacial score (nSPS) is 38.7. The molecule has 18 heavy (non-hydrogen) atoms. The van der Waals surface area contributed by atoms with Crippen LogP contribution in [0, 0.1) is 5.41 Å². The first-order valence-corrected chi connectivity index (χ1v) is 6.12. The molecule has 2 aliphatic heterocycles. The topological polar surface area (TPSA) is 77.5 Å². The predicted molar refractivity (Wildman–Crippen MR) is 60.8 cm³/mol. The molecule has 2 fully saturated rings. The summed E-state index contributed by atoms with van der Waals surface area (Å²) in [6, 6.07) is 0. The van der Waals surface area contributed by atoms with Gasteiger partial charge in [-0.25, -0.2) is 4.79 Å². The quantitative estimate of drug-likeness (QED) is 0.569. The molecule has 0 radical (unpaired) electrons. The van der Waals surface area contributed by atoms with Crippen LogP contribution in [0.1, 0.15) is 20.8 Å². The second-order valence-electron chi connectivity index (χ2n) is 5.20. The molecule has 0 aliphatic carbocycles. The number of epoxide rings is 1. The van der Waals surface area contributed by atoms with Gasteiger partial charge in [-0.3, -0.25) is 0 Å². The molecular weight excluding hydrogens is 240 g/mol. The molecule has 0 aromatic carbocycles. The van der Waals surface area contributed by atoms with Gasteiger partial charge in [0, 0.05) is 12.0 Å². The van der Waals surface area contributed by atoms with E-state index in [0.717, 1.165) is 0 Å². The molecule has 0 saturated carbocycles. The minimum Gasteiger partial charge on any atom is -0.467 e. The Morgan fingerprint density at radius 2 is 2.11 bits per heavy atom. The third-order valence-corrected chi connectivity index (χ3v) is 3.54. The molecule has 6 nitrogen and oxygen atoms in total. The average molecular weight is 260 g/mol. The highest BCUT2D eigenvalue weighted by Crippen LogP contribution is 2.49. The SMILES string of the molecule is CCO[C@@H]1O[C@H]([C@H](O)C(=O)OC)[C@@H]2O[C@@H]2C1(C)C. The van der Waals surface area contributed by atoms with E-state index in [1.165, 1.54) is 7.11 Å². The molecule has 2 rings (SSSR count). The van der Waals surface area contributed by atoms with Crippen molar-refractivity contribution in [2.24, 2.45) is 5.41 Å². The van der Waals surface area contributed by atoms with E-state index < -0.39 is 24.5 Å². The molecule has 0 bridgehead atoms. The number of carbonyl (C=O) groups excluding carboxylic acids is 1. The summed E-state index contributed by atoms with van der Waals surface area (Å²) >= 11 is 0. The van der Waals surface area contributed by atoms with Gasteiger partial charge >= 0.3 is 5.97 Å². The Kier molecular flexibility index (Phi) is 3.64. The maximum atomic E-state index is 11.4. The number of aliphatic hydroxyl groups is 1. The van der Waals surface area contributed by atoms with Crippen molar-refractivity contribution in [3.05, 3.63) is 0 Å². The van der Waals surface area contributed by atoms with Crippen LogP contribution in [0.15, 0.2) is 0 Å². The first kappa shape index (κ1) is 13.7. The van der Waals surface area contributed by atoms with Crippen LogP contribution in [0.2, 0.25) is 0 Å². The zero-order chi connectivity index (χ0) is 13.5. The van der Waals surface area contributed by atoms with Crippen LogP contribution in [0.4, 0.5) is 0 Å². The number of carbonyl (C=O) groups is 1. The lowest BCUT2D eigenvalue weighted by molar-refractivity contribution is -0.251. The maximum absolute atomic E-state index is 11.4. The largest absolute Gasteiger partial charge is 0.467 e. The van der Waals surface area contributed by atoms with Crippen LogP contribution < -0.4 is 0 Å². The number of rotatable bonds is 4. The number of aliphatic hydroxyl groups excluding tert-OH is 1. The number of methoxy groups -OCH3 is 1. The fraction of sp³-hybridized carbons (Fsp3) is 0.917. The smallest absolute Gasteiger partial charge is 0.337 e. The van der Waals surface area contributed by atoms with Gasteiger partial charge in [-0.1, -0.05) is 13.8 Å². The molecule has 0 aromatic heterocycles. The molecule has 2 aliphatic rings. The second kappa shape index (κ2) is 4.77. The molecule has 0 aromatic rings. The molecule has 0 amide bonds. The number of fused-ring (bicyclic) bond motifs is 1. The average Bonchev–Trinajstić information content (AvgIpc) is 3.12. The van der Waals surface area contributed by atoms with Gasteiger partial charge < -0.3 is 24.1 Å². The molecule has 5 atom stereocenters. The van der Waals surface area contributed by atoms with E-state index in [4.69, 9.17) is 14.2 Å². The van der Waals surface area contributed by atoms with Crippen molar-refractivity contribution >= 4 is 5.97 Å². The Morgan fingerprint density at radius 3 is 2.67 bits per heavy atom. The van der Waals surface area contributed by atoms with Crippen LogP contribution >= 0.6 is 0 Å². The Bertz CT molecular complexity index is 329. The zero-order valence-electron chi connectivity index (χ0n) is 11.1. The highest BCUT2D eigenvalue weighted by Gasteiger charge is 2.64. The summed E-state index contributed by atoms with van der Waals surface area (Å²) in [5.74, 6) is -0.718. The van der Waals surface area contributed by atoms with Crippen molar-refractivity contribution < 1.29 is 28.8 Å². The van der Waals surface area contributed by atoms with E-state index in [9.17, 15) is 9.90 Å². The van der Waals surface area contributed by atoms with E-state index >= 15 is 0 Å². The number of hydrogen-bond donors (Lipinski definition) is 1. The second-order valence-corrected chi connectivity index (χ2v) is 5.20. The molecule has 1 N–H and O–H groups in total. The molecule has 0 spiro atoms. The highest BCUT2D eigenvalue weighted by molar-refractivity contribution is 5.75. The summed E-state index contributed by atoms with van der Waals surface area (Å²) < 4.78 is 21.2. The van der Waals surface area contributed by atoms with Crippen molar-refractivity contribution in [1.29, 1.82) is 0 Å². The molecule has 0 unspecified atom stereocenters. The number of hydrogen-bond acceptors (Lipinski definition) is 6. The summed E-state index contributed by atoms with van der Waals surface area (Å²) in [6.07, 6.45) is -2.91. The monoisotopic (exact) mass is 260 g/mol. The van der Waals surface area contributed by atoms with Crippen LogP contribution in [-0.4, -0.2) is 55.5 Å². The Labute approximate surface area is 106 Å². The fourth-order valence-corrected chi connectivity index (χ4v) is 2.42. The lowest BCUT2D eigenvalue weighted by Gasteiger charge is -2.39. The molecule has 2 saturated heterocycles. The van der Waals surface area contributed by atoms with E-state index in [2.05, 4.69) is 4.74 Å². The first-order chi connectivity index (χ1) is 8.43. The Hall–Kier alpha value is -0.690. The van der Waals surface area contributed by atoms with E-state index in [1.54, 1.807) is 0 Å². The van der Waals surface area contributed by atoms with Gasteiger partial charge in [-0.05, 0) is 6.92 Å². The zero-order valence-corrected chi connectivity index (χ0v) is 11.1. The van der Waals surface area contributed by atoms with Crippen molar-refractivity contribution in [2.45, 2.75) is 51.5 Å². The van der Waals surface area contributed by atoms with Gasteiger partial charge in [-0.2, -0.15) is 0 Å². The summed E-state index contributed by atoms with van der Waals surface area (Å²) in [6.45, 7) is 6.33. The number of esters is 1. The number of ether oxygens (including phenoxy) is 4. The highest BCUT2D eigenvalue weighted by atomic mass is 16.7. The van der Waals surface area contributed by atoms with Gasteiger partial charge in [0.1, 0.15) is 12.2 Å². The van der Waals surface area contributed by atoms with E-state index in [0.29, 0.717) is 6.61 Å². The van der Waals surface area contributed by atoms with E-state index in [1.807, 2.05) is 20.8 Å². The van der Waals surface area contributed by atoms with Gasteiger partial charge in [0.2, 0.25) is 0 Å². The summed E-state index contributed by atoms with van der Waals surface area (Å²) in [7, 11) is 1.23.